The number of anilines is 1. The Balaban J connectivity index is 1.42. The Labute approximate surface area is 232 Å². The van der Waals surface area contributed by atoms with Crippen LogP contribution in [-0.4, -0.2) is 34.2 Å². The lowest BCUT2D eigenvalue weighted by molar-refractivity contribution is -0.119. The van der Waals surface area contributed by atoms with E-state index in [1.54, 1.807) is 72.8 Å². The van der Waals surface area contributed by atoms with Crippen molar-refractivity contribution in [3.8, 4) is 11.5 Å². The van der Waals surface area contributed by atoms with Gasteiger partial charge in [-0.25, -0.2) is 13.8 Å². The molecule has 0 bridgehead atoms. The van der Waals surface area contributed by atoms with Crippen molar-refractivity contribution in [2.45, 2.75) is 11.5 Å². The molecule has 8 nitrogen and oxygen atoms in total. The van der Waals surface area contributed by atoms with Crippen molar-refractivity contribution in [1.29, 1.82) is 0 Å². The first-order chi connectivity index (χ1) is 18.9. The zero-order chi connectivity index (χ0) is 27.7. The molecule has 0 aliphatic heterocycles. The quantitative estimate of drug-likeness (QED) is 0.198. The Hall–Kier alpha value is -4.34. The molecule has 200 valence electrons. The van der Waals surface area contributed by atoms with Gasteiger partial charge in [0.05, 0.1) is 23.9 Å². The van der Waals surface area contributed by atoms with E-state index < -0.39 is 22.5 Å². The second-order valence-electron chi connectivity index (χ2n) is 8.24. The Kier molecular flexibility index (Phi) is 9.19. The van der Waals surface area contributed by atoms with Crippen LogP contribution < -0.4 is 19.2 Å². The van der Waals surface area contributed by atoms with Gasteiger partial charge in [0, 0.05) is 10.6 Å². The van der Waals surface area contributed by atoms with Gasteiger partial charge in [0.15, 0.2) is 0 Å². The number of halogens is 1. The summed E-state index contributed by atoms with van der Waals surface area (Å²) in [6.07, 6.45) is 1.45. The number of nitrogens with zero attached hydrogens (tertiary/aromatic N) is 2. The number of carbonyl (C=O) groups is 1. The zero-order valence-corrected chi connectivity index (χ0v) is 22.6. The molecular formula is C29H26ClN3O5S. The molecule has 0 saturated heterocycles. The van der Waals surface area contributed by atoms with E-state index in [0.717, 1.165) is 9.87 Å². The molecule has 0 aromatic heterocycles. The molecule has 39 heavy (non-hydrogen) atoms. The highest BCUT2D eigenvalue weighted by molar-refractivity contribution is 7.92. The van der Waals surface area contributed by atoms with Crippen LogP contribution in [0.15, 0.2) is 113 Å². The Bertz CT molecular complexity index is 1540. The van der Waals surface area contributed by atoms with Crippen molar-refractivity contribution in [3.63, 3.8) is 0 Å². The van der Waals surface area contributed by atoms with Crippen LogP contribution in [0.3, 0.4) is 0 Å². The Morgan fingerprint density at radius 1 is 0.923 bits per heavy atom. The number of hydrogen-bond acceptors (Lipinski definition) is 6. The van der Waals surface area contributed by atoms with Crippen molar-refractivity contribution in [2.75, 3.05) is 18.0 Å². The van der Waals surface area contributed by atoms with Crippen LogP contribution in [0.1, 0.15) is 11.1 Å². The smallest absolute Gasteiger partial charge is 0.264 e. The standard InChI is InChI=1S/C29H26ClN3O5S/c1-37-28-14-8-7-13-27(28)33(39(35,36)25-10-3-2-4-11-25)20-29(34)32-31-19-22-15-17-24(18-16-22)38-21-23-9-5-6-12-26(23)30/h2-19H,20-21H2,1H3,(H,32,34). The third-order valence-corrected chi connectivity index (χ3v) is 7.75. The van der Waals surface area contributed by atoms with Crippen LogP contribution in [0.5, 0.6) is 11.5 Å². The molecule has 4 rings (SSSR count). The van der Waals surface area contributed by atoms with Gasteiger partial charge in [0.1, 0.15) is 24.7 Å². The summed E-state index contributed by atoms with van der Waals surface area (Å²) in [6, 6.07) is 29.0. The molecule has 1 N–H and O–H groups in total. The summed E-state index contributed by atoms with van der Waals surface area (Å²) < 4.78 is 39.0. The van der Waals surface area contributed by atoms with Gasteiger partial charge in [-0.1, -0.05) is 60.1 Å². The molecule has 0 aliphatic carbocycles. The minimum atomic E-state index is -4.07. The van der Waals surface area contributed by atoms with Crippen LogP contribution in [0, 0.1) is 0 Å². The molecule has 4 aromatic carbocycles. The number of methoxy groups -OCH3 is 1. The monoisotopic (exact) mass is 563 g/mol. The van der Waals surface area contributed by atoms with E-state index in [4.69, 9.17) is 21.1 Å². The number of sulfonamides is 1. The number of nitrogens with one attached hydrogen (secondary N) is 1. The SMILES string of the molecule is COc1ccccc1N(CC(=O)NN=Cc1ccc(OCc2ccccc2Cl)cc1)S(=O)(=O)c1ccccc1. The molecule has 4 aromatic rings. The molecule has 0 radical (unpaired) electrons. The van der Waals surface area contributed by atoms with Crippen LogP contribution in [0.25, 0.3) is 0 Å². The molecule has 10 heteroatoms. The summed E-state index contributed by atoms with van der Waals surface area (Å²) in [5, 5.41) is 4.62. The minimum absolute atomic E-state index is 0.0454. The highest BCUT2D eigenvalue weighted by Gasteiger charge is 2.29. The van der Waals surface area contributed by atoms with Crippen molar-refractivity contribution in [2.24, 2.45) is 5.10 Å². The first-order valence-electron chi connectivity index (χ1n) is 11.9. The number of hydrogen-bond donors (Lipinski definition) is 1. The number of hydrazone groups is 1. The summed E-state index contributed by atoms with van der Waals surface area (Å²) in [7, 11) is -2.64. The molecule has 0 saturated carbocycles. The molecular weight excluding hydrogens is 538 g/mol. The van der Waals surface area contributed by atoms with Gasteiger partial charge in [0.2, 0.25) is 0 Å². The topological polar surface area (TPSA) is 97.3 Å². The van der Waals surface area contributed by atoms with Gasteiger partial charge in [-0.2, -0.15) is 5.10 Å². The van der Waals surface area contributed by atoms with Gasteiger partial charge >= 0.3 is 0 Å². The minimum Gasteiger partial charge on any atom is -0.495 e. The van der Waals surface area contributed by atoms with E-state index in [2.05, 4.69) is 10.5 Å². The van der Waals surface area contributed by atoms with E-state index in [0.29, 0.717) is 28.7 Å². The fourth-order valence-corrected chi connectivity index (χ4v) is 5.27. The summed E-state index contributed by atoms with van der Waals surface area (Å²) in [5.41, 5.74) is 4.22. The van der Waals surface area contributed by atoms with Crippen molar-refractivity contribution >= 4 is 39.4 Å². The highest BCUT2D eigenvalue weighted by Crippen LogP contribution is 2.32. The van der Waals surface area contributed by atoms with Gasteiger partial charge in [-0.3, -0.25) is 9.10 Å². The van der Waals surface area contributed by atoms with E-state index >= 15 is 0 Å². The van der Waals surface area contributed by atoms with Crippen LogP contribution in [0.2, 0.25) is 5.02 Å². The number of rotatable bonds is 11. The summed E-state index contributed by atoms with van der Waals surface area (Å²) in [6.45, 7) is -0.179. The number of para-hydroxylation sites is 2. The second-order valence-corrected chi connectivity index (χ2v) is 10.5. The van der Waals surface area contributed by atoms with Gasteiger partial charge in [-0.05, 0) is 60.2 Å². The highest BCUT2D eigenvalue weighted by atomic mass is 35.5. The van der Waals surface area contributed by atoms with E-state index in [1.807, 2.05) is 18.2 Å². The van der Waals surface area contributed by atoms with Crippen LogP contribution in [-0.2, 0) is 21.4 Å². The van der Waals surface area contributed by atoms with Crippen molar-refractivity contribution in [3.05, 3.63) is 119 Å². The third-order valence-electron chi connectivity index (χ3n) is 5.61. The van der Waals surface area contributed by atoms with Gasteiger partial charge in [-0.15, -0.1) is 0 Å². The molecule has 0 fully saturated rings. The summed E-state index contributed by atoms with van der Waals surface area (Å²) in [4.78, 5) is 12.8. The Morgan fingerprint density at radius 3 is 2.31 bits per heavy atom. The maximum atomic E-state index is 13.5. The number of carbonyl (C=O) groups excluding carboxylic acids is 1. The molecule has 0 spiro atoms. The predicted molar refractivity (Wildman–Crippen MR) is 152 cm³/mol. The average Bonchev–Trinajstić information content (AvgIpc) is 2.96. The summed E-state index contributed by atoms with van der Waals surface area (Å²) >= 11 is 6.16. The lowest BCUT2D eigenvalue weighted by Gasteiger charge is -2.25. The van der Waals surface area contributed by atoms with Gasteiger partial charge < -0.3 is 9.47 Å². The lowest BCUT2D eigenvalue weighted by atomic mass is 10.2. The van der Waals surface area contributed by atoms with E-state index in [9.17, 15) is 13.2 Å². The molecule has 0 aliphatic rings. The first kappa shape index (κ1) is 27.7. The molecule has 1 amide bonds. The molecule has 0 unspecified atom stereocenters. The van der Waals surface area contributed by atoms with E-state index in [1.165, 1.54) is 25.5 Å². The number of ether oxygens (including phenoxy) is 2. The maximum absolute atomic E-state index is 13.5. The number of benzene rings is 4. The zero-order valence-electron chi connectivity index (χ0n) is 21.0. The fourth-order valence-electron chi connectivity index (χ4n) is 3.63. The third kappa shape index (κ3) is 7.16. The maximum Gasteiger partial charge on any atom is 0.264 e. The average molecular weight is 564 g/mol. The Morgan fingerprint density at radius 2 is 1.59 bits per heavy atom. The van der Waals surface area contributed by atoms with E-state index in [-0.39, 0.29) is 10.6 Å². The summed E-state index contributed by atoms with van der Waals surface area (Å²) in [5.74, 6) is 0.330. The number of amides is 1. The van der Waals surface area contributed by atoms with Gasteiger partial charge in [0.25, 0.3) is 15.9 Å². The molecule has 0 heterocycles. The van der Waals surface area contributed by atoms with Crippen molar-refractivity contribution < 1.29 is 22.7 Å². The first-order valence-corrected chi connectivity index (χ1v) is 13.7. The van der Waals surface area contributed by atoms with Crippen LogP contribution in [0.4, 0.5) is 5.69 Å². The molecule has 0 atom stereocenters. The normalized spacial score (nSPS) is 11.2. The predicted octanol–water partition coefficient (Wildman–Crippen LogP) is 5.27. The van der Waals surface area contributed by atoms with Crippen LogP contribution >= 0.6 is 11.6 Å². The second kappa shape index (κ2) is 12.9. The lowest BCUT2D eigenvalue weighted by Crippen LogP contribution is -2.39. The largest absolute Gasteiger partial charge is 0.495 e. The fraction of sp³-hybridized carbons (Fsp3) is 0.103. The van der Waals surface area contributed by atoms with Crippen molar-refractivity contribution in [1.82, 2.24) is 5.43 Å².